The van der Waals surface area contributed by atoms with Gasteiger partial charge >= 0.3 is 11.9 Å². The van der Waals surface area contributed by atoms with E-state index in [9.17, 15) is 29.7 Å². The number of ketones is 1. The van der Waals surface area contributed by atoms with E-state index in [1.54, 1.807) is 12.2 Å². The first-order valence-corrected chi connectivity index (χ1v) is 16.9. The summed E-state index contributed by atoms with van der Waals surface area (Å²) in [6.07, 6.45) is 19.1. The van der Waals surface area contributed by atoms with E-state index in [1.807, 2.05) is 12.2 Å². The molecule has 1 saturated carbocycles. The molecule has 3 N–H and O–H groups in total. The van der Waals surface area contributed by atoms with E-state index in [2.05, 4.69) is 20.8 Å². The van der Waals surface area contributed by atoms with E-state index in [0.717, 1.165) is 44.4 Å². The predicted molar refractivity (Wildman–Crippen MR) is 169 cm³/mol. The number of rotatable bonds is 25. The van der Waals surface area contributed by atoms with E-state index in [0.29, 0.717) is 32.1 Å². The van der Waals surface area contributed by atoms with Gasteiger partial charge in [-0.25, -0.2) is 0 Å². The molecule has 5 atom stereocenters. The molecule has 0 aromatic carbocycles. The molecule has 248 valence electrons. The first kappa shape index (κ1) is 39.0. The van der Waals surface area contributed by atoms with Crippen LogP contribution < -0.4 is 0 Å². The molecule has 0 radical (unpaired) electrons. The van der Waals surface area contributed by atoms with Crippen LogP contribution in [0.25, 0.3) is 0 Å². The second-order valence-electron chi connectivity index (χ2n) is 12.5. The monoisotopic (exact) mass is 608 g/mol. The fourth-order valence-electron chi connectivity index (χ4n) is 5.36. The van der Waals surface area contributed by atoms with E-state index in [-0.39, 0.29) is 43.0 Å². The molecule has 0 bridgehead atoms. The molecule has 8 heteroatoms. The van der Waals surface area contributed by atoms with Crippen molar-refractivity contribution >= 4 is 17.7 Å². The fourth-order valence-corrected chi connectivity index (χ4v) is 5.36. The number of ether oxygens (including phenoxy) is 2. The maximum absolute atomic E-state index is 12.4. The lowest BCUT2D eigenvalue weighted by Crippen LogP contribution is -2.28. The molecule has 0 heterocycles. The van der Waals surface area contributed by atoms with Crippen molar-refractivity contribution < 1.29 is 39.2 Å². The second kappa shape index (κ2) is 24.3. The Hall–Kier alpha value is -2.03. The molecular weight excluding hydrogens is 548 g/mol. The topological polar surface area (TPSA) is 130 Å². The van der Waals surface area contributed by atoms with Gasteiger partial charge in [0.2, 0.25) is 0 Å². The number of carbonyl (C=O) groups excluding carboxylic acids is 3. The number of aliphatic hydroxyl groups is 3. The van der Waals surface area contributed by atoms with Crippen LogP contribution in [0.4, 0.5) is 0 Å². The average Bonchev–Trinajstić information content (AvgIpc) is 3.24. The Morgan fingerprint density at radius 3 is 2.30 bits per heavy atom. The van der Waals surface area contributed by atoms with Gasteiger partial charge in [-0.05, 0) is 38.0 Å². The quantitative estimate of drug-likeness (QED) is 0.0617. The SMILES string of the molecule is CCCCC[C@H](O)/C=C/[C@H]1[C@H](O)CC(=O)[C@@H]1C/C=C\CCCC(=O)OC[C@H](CO)OC(=O)CCCCCCCCC(C)C. The van der Waals surface area contributed by atoms with Crippen molar-refractivity contribution in [2.45, 2.75) is 148 Å². The lowest BCUT2D eigenvalue weighted by atomic mass is 9.90. The molecule has 0 spiro atoms. The molecule has 0 aliphatic heterocycles. The summed E-state index contributed by atoms with van der Waals surface area (Å²) >= 11 is 0. The van der Waals surface area contributed by atoms with Crippen molar-refractivity contribution in [3.8, 4) is 0 Å². The number of allylic oxidation sites excluding steroid dienone is 2. The summed E-state index contributed by atoms with van der Waals surface area (Å²) in [6, 6.07) is 0. The van der Waals surface area contributed by atoms with Gasteiger partial charge in [0.05, 0.1) is 18.8 Å². The minimum Gasteiger partial charge on any atom is -0.462 e. The van der Waals surface area contributed by atoms with Crippen LogP contribution >= 0.6 is 0 Å². The van der Waals surface area contributed by atoms with E-state index in [1.165, 1.54) is 25.7 Å². The molecule has 1 aliphatic carbocycles. The third kappa shape index (κ3) is 19.1. The van der Waals surface area contributed by atoms with Crippen LogP contribution in [0.1, 0.15) is 130 Å². The first-order valence-electron chi connectivity index (χ1n) is 16.9. The highest BCUT2D eigenvalue weighted by Gasteiger charge is 2.39. The summed E-state index contributed by atoms with van der Waals surface area (Å²) < 4.78 is 10.5. The molecule has 0 amide bonds. The van der Waals surface area contributed by atoms with Crippen molar-refractivity contribution in [3.63, 3.8) is 0 Å². The summed E-state index contributed by atoms with van der Waals surface area (Å²) in [5, 5.41) is 30.0. The second-order valence-corrected chi connectivity index (χ2v) is 12.5. The summed E-state index contributed by atoms with van der Waals surface area (Å²) in [4.78, 5) is 36.6. The van der Waals surface area contributed by atoms with Gasteiger partial charge in [-0.15, -0.1) is 0 Å². The average molecular weight is 609 g/mol. The maximum atomic E-state index is 12.4. The normalized spacial score (nSPS) is 20.3. The van der Waals surface area contributed by atoms with Gasteiger partial charge in [-0.1, -0.05) is 103 Å². The smallest absolute Gasteiger partial charge is 0.306 e. The highest BCUT2D eigenvalue weighted by molar-refractivity contribution is 5.84. The number of hydrogen-bond donors (Lipinski definition) is 3. The summed E-state index contributed by atoms with van der Waals surface area (Å²) in [7, 11) is 0. The molecule has 8 nitrogen and oxygen atoms in total. The fraction of sp³-hybridized carbons (Fsp3) is 0.800. The van der Waals surface area contributed by atoms with Gasteiger partial charge in [0.15, 0.2) is 6.10 Å². The molecule has 43 heavy (non-hydrogen) atoms. The van der Waals surface area contributed by atoms with Gasteiger partial charge in [-0.2, -0.15) is 0 Å². The van der Waals surface area contributed by atoms with Crippen LogP contribution in [0.15, 0.2) is 24.3 Å². The van der Waals surface area contributed by atoms with Crippen molar-refractivity contribution in [1.29, 1.82) is 0 Å². The number of carbonyl (C=O) groups is 3. The van der Waals surface area contributed by atoms with Gasteiger partial charge < -0.3 is 24.8 Å². The van der Waals surface area contributed by atoms with Crippen LogP contribution in [0.2, 0.25) is 0 Å². The zero-order valence-corrected chi connectivity index (χ0v) is 27.1. The molecule has 1 fully saturated rings. The number of Topliss-reactive ketones (excluding diaryl/α,β-unsaturated/α-hetero) is 1. The molecular formula is C35H60O8. The minimum atomic E-state index is -0.855. The van der Waals surface area contributed by atoms with E-state index < -0.39 is 30.9 Å². The Balaban J connectivity index is 2.23. The van der Waals surface area contributed by atoms with Gasteiger partial charge in [0, 0.05) is 31.1 Å². The summed E-state index contributed by atoms with van der Waals surface area (Å²) in [5.41, 5.74) is 0. The van der Waals surface area contributed by atoms with Crippen LogP contribution in [0.3, 0.4) is 0 Å². The Morgan fingerprint density at radius 2 is 1.60 bits per heavy atom. The highest BCUT2D eigenvalue weighted by atomic mass is 16.6. The van der Waals surface area contributed by atoms with Gasteiger partial charge in [-0.3, -0.25) is 14.4 Å². The van der Waals surface area contributed by atoms with Crippen LogP contribution in [0, 0.1) is 17.8 Å². The lowest BCUT2D eigenvalue weighted by molar-refractivity contribution is -0.161. The Bertz CT molecular complexity index is 821. The first-order chi connectivity index (χ1) is 20.7. The zero-order valence-electron chi connectivity index (χ0n) is 27.1. The zero-order chi connectivity index (χ0) is 31.9. The minimum absolute atomic E-state index is 0.0301. The summed E-state index contributed by atoms with van der Waals surface area (Å²) in [5.74, 6) is -0.634. The summed E-state index contributed by atoms with van der Waals surface area (Å²) in [6.45, 7) is 6.02. The van der Waals surface area contributed by atoms with Gasteiger partial charge in [0.1, 0.15) is 12.4 Å². The Morgan fingerprint density at radius 1 is 0.930 bits per heavy atom. The molecule has 0 unspecified atom stereocenters. The largest absolute Gasteiger partial charge is 0.462 e. The van der Waals surface area contributed by atoms with E-state index in [4.69, 9.17) is 9.47 Å². The van der Waals surface area contributed by atoms with Crippen molar-refractivity contribution in [3.05, 3.63) is 24.3 Å². The van der Waals surface area contributed by atoms with Crippen molar-refractivity contribution in [1.82, 2.24) is 0 Å². The van der Waals surface area contributed by atoms with Crippen molar-refractivity contribution in [2.24, 2.45) is 17.8 Å². The Labute approximate surface area is 260 Å². The number of hydrogen-bond acceptors (Lipinski definition) is 8. The third-order valence-electron chi connectivity index (χ3n) is 8.04. The lowest BCUT2D eigenvalue weighted by Gasteiger charge is -2.16. The van der Waals surface area contributed by atoms with Crippen LogP contribution in [-0.2, 0) is 23.9 Å². The highest BCUT2D eigenvalue weighted by Crippen LogP contribution is 2.33. The number of unbranched alkanes of at least 4 members (excludes halogenated alkanes) is 8. The van der Waals surface area contributed by atoms with E-state index >= 15 is 0 Å². The maximum Gasteiger partial charge on any atom is 0.306 e. The predicted octanol–water partition coefficient (Wildman–Crippen LogP) is 6.39. The van der Waals surface area contributed by atoms with Crippen molar-refractivity contribution in [2.75, 3.05) is 13.2 Å². The van der Waals surface area contributed by atoms with Crippen LogP contribution in [-0.4, -0.2) is 64.6 Å². The molecule has 0 aromatic heterocycles. The third-order valence-corrected chi connectivity index (χ3v) is 8.04. The standard InChI is InChI=1S/C35H60O8/c1-4-5-12-18-28(37)22-23-31-30(32(38)24-33(31)39)19-14-10-11-15-20-34(40)42-26-29(25-36)43-35(41)21-16-9-7-6-8-13-17-27(2)3/h10,14,22-23,27-31,33,36-37,39H,4-9,11-13,15-21,24-26H2,1-3H3/b14-10-,23-22+/t28-,29-,30+,31+,33+/m0/s1. The molecule has 1 rings (SSSR count). The number of esters is 2. The van der Waals surface area contributed by atoms with Gasteiger partial charge in [0.25, 0.3) is 0 Å². The molecule has 1 aliphatic rings. The molecule has 0 aromatic rings. The molecule has 0 saturated heterocycles. The number of aliphatic hydroxyl groups excluding tert-OH is 3. The Kier molecular flexibility index (Phi) is 22.0. The van der Waals surface area contributed by atoms with Crippen LogP contribution in [0.5, 0.6) is 0 Å².